The Bertz CT molecular complexity index is 538. The van der Waals surface area contributed by atoms with Crippen molar-refractivity contribution < 1.29 is 0 Å². The van der Waals surface area contributed by atoms with Gasteiger partial charge in [-0.15, -0.1) is 11.3 Å². The summed E-state index contributed by atoms with van der Waals surface area (Å²) in [6.07, 6.45) is 1.90. The fourth-order valence-electron chi connectivity index (χ4n) is 2.97. The Balaban J connectivity index is 1.80. The van der Waals surface area contributed by atoms with Crippen molar-refractivity contribution in [3.8, 4) is 0 Å². The van der Waals surface area contributed by atoms with E-state index in [0.717, 1.165) is 19.6 Å². The van der Waals surface area contributed by atoms with Crippen molar-refractivity contribution in [2.45, 2.75) is 32.5 Å². The molecule has 2 atom stereocenters. The van der Waals surface area contributed by atoms with Crippen LogP contribution in [0, 0.1) is 5.92 Å². The van der Waals surface area contributed by atoms with Crippen LogP contribution in [0.1, 0.15) is 30.5 Å². The van der Waals surface area contributed by atoms with E-state index in [1.165, 1.54) is 10.6 Å². The SMILES string of the molecule is CC(C)C1CN(Cc2nccs2)C(c2ccccc2)CN1. The second kappa shape index (κ2) is 6.69. The number of rotatable bonds is 4. The minimum atomic E-state index is 0.435. The third kappa shape index (κ3) is 3.51. The van der Waals surface area contributed by atoms with Gasteiger partial charge in [0.1, 0.15) is 5.01 Å². The largest absolute Gasteiger partial charge is 0.311 e. The van der Waals surface area contributed by atoms with Gasteiger partial charge in [0, 0.05) is 36.8 Å². The Morgan fingerprint density at radius 1 is 1.33 bits per heavy atom. The predicted octanol–water partition coefficient (Wildman–Crippen LogP) is 3.31. The molecule has 0 radical (unpaired) electrons. The van der Waals surface area contributed by atoms with Gasteiger partial charge in [-0.3, -0.25) is 4.90 Å². The van der Waals surface area contributed by atoms with Gasteiger partial charge in [0.15, 0.2) is 0 Å². The van der Waals surface area contributed by atoms with Crippen LogP contribution in [0.3, 0.4) is 0 Å². The molecule has 1 N–H and O–H groups in total. The van der Waals surface area contributed by atoms with Crippen molar-refractivity contribution in [2.24, 2.45) is 5.92 Å². The Hall–Kier alpha value is -1.23. The van der Waals surface area contributed by atoms with Gasteiger partial charge < -0.3 is 5.32 Å². The molecule has 21 heavy (non-hydrogen) atoms. The van der Waals surface area contributed by atoms with E-state index in [4.69, 9.17) is 0 Å². The minimum Gasteiger partial charge on any atom is -0.311 e. The molecule has 3 rings (SSSR count). The summed E-state index contributed by atoms with van der Waals surface area (Å²) in [6, 6.07) is 11.8. The second-order valence-electron chi connectivity index (χ2n) is 6.04. The molecule has 1 aromatic carbocycles. The van der Waals surface area contributed by atoms with Crippen molar-refractivity contribution in [1.29, 1.82) is 0 Å². The van der Waals surface area contributed by atoms with Crippen LogP contribution in [0.5, 0.6) is 0 Å². The predicted molar refractivity (Wildman–Crippen MR) is 88.3 cm³/mol. The van der Waals surface area contributed by atoms with Crippen molar-refractivity contribution in [3.05, 3.63) is 52.5 Å². The first-order valence-electron chi connectivity index (χ1n) is 7.65. The molecule has 112 valence electrons. The molecule has 1 aromatic heterocycles. The van der Waals surface area contributed by atoms with E-state index in [0.29, 0.717) is 18.0 Å². The summed E-state index contributed by atoms with van der Waals surface area (Å²) in [5, 5.41) is 6.99. The van der Waals surface area contributed by atoms with Gasteiger partial charge in [-0.2, -0.15) is 0 Å². The maximum Gasteiger partial charge on any atom is 0.107 e. The Morgan fingerprint density at radius 2 is 2.14 bits per heavy atom. The van der Waals surface area contributed by atoms with Crippen molar-refractivity contribution in [1.82, 2.24) is 15.2 Å². The highest BCUT2D eigenvalue weighted by Gasteiger charge is 2.30. The van der Waals surface area contributed by atoms with E-state index in [1.807, 2.05) is 6.20 Å². The molecule has 2 heterocycles. The molecule has 2 unspecified atom stereocenters. The molecule has 1 saturated heterocycles. The molecule has 3 nitrogen and oxygen atoms in total. The molecule has 2 aromatic rings. The number of nitrogens with zero attached hydrogens (tertiary/aromatic N) is 2. The van der Waals surface area contributed by atoms with Crippen LogP contribution < -0.4 is 5.32 Å². The smallest absolute Gasteiger partial charge is 0.107 e. The first-order valence-corrected chi connectivity index (χ1v) is 8.52. The highest BCUT2D eigenvalue weighted by atomic mass is 32.1. The van der Waals surface area contributed by atoms with Crippen LogP contribution in [-0.2, 0) is 6.54 Å². The van der Waals surface area contributed by atoms with Crippen LogP contribution >= 0.6 is 11.3 Å². The molecule has 0 saturated carbocycles. The molecule has 0 aliphatic carbocycles. The van der Waals surface area contributed by atoms with Crippen molar-refractivity contribution in [3.63, 3.8) is 0 Å². The van der Waals surface area contributed by atoms with E-state index in [1.54, 1.807) is 11.3 Å². The summed E-state index contributed by atoms with van der Waals surface area (Å²) in [4.78, 5) is 7.04. The van der Waals surface area contributed by atoms with E-state index in [9.17, 15) is 0 Å². The summed E-state index contributed by atoms with van der Waals surface area (Å²) >= 11 is 1.75. The quantitative estimate of drug-likeness (QED) is 0.939. The fourth-order valence-corrected chi connectivity index (χ4v) is 3.61. The highest BCUT2D eigenvalue weighted by Crippen LogP contribution is 2.27. The third-order valence-electron chi connectivity index (χ3n) is 4.26. The lowest BCUT2D eigenvalue weighted by Crippen LogP contribution is -2.53. The van der Waals surface area contributed by atoms with Crippen molar-refractivity contribution >= 4 is 11.3 Å². The monoisotopic (exact) mass is 301 g/mol. The number of nitrogens with one attached hydrogen (secondary N) is 1. The first-order chi connectivity index (χ1) is 10.2. The van der Waals surface area contributed by atoms with E-state index >= 15 is 0 Å². The maximum atomic E-state index is 4.46. The highest BCUT2D eigenvalue weighted by molar-refractivity contribution is 7.09. The zero-order valence-corrected chi connectivity index (χ0v) is 13.5. The molecule has 0 amide bonds. The molecular formula is C17H23N3S. The minimum absolute atomic E-state index is 0.435. The number of hydrogen-bond acceptors (Lipinski definition) is 4. The molecule has 0 bridgehead atoms. The summed E-state index contributed by atoms with van der Waals surface area (Å²) in [5.74, 6) is 0.653. The van der Waals surface area contributed by atoms with Crippen LogP contribution in [0.15, 0.2) is 41.9 Å². The molecule has 1 aliphatic heterocycles. The molecular weight excluding hydrogens is 278 g/mol. The van der Waals surface area contributed by atoms with Crippen LogP contribution in [0.4, 0.5) is 0 Å². The second-order valence-corrected chi connectivity index (χ2v) is 7.02. The van der Waals surface area contributed by atoms with Crippen LogP contribution in [0.25, 0.3) is 0 Å². The van der Waals surface area contributed by atoms with E-state index < -0.39 is 0 Å². The number of hydrogen-bond donors (Lipinski definition) is 1. The van der Waals surface area contributed by atoms with E-state index in [-0.39, 0.29) is 0 Å². The topological polar surface area (TPSA) is 28.2 Å². The number of aromatic nitrogens is 1. The maximum absolute atomic E-state index is 4.46. The van der Waals surface area contributed by atoms with Gasteiger partial charge in [-0.05, 0) is 11.5 Å². The van der Waals surface area contributed by atoms with Crippen LogP contribution in [-0.4, -0.2) is 29.0 Å². The number of benzene rings is 1. The normalized spacial score (nSPS) is 23.6. The Morgan fingerprint density at radius 3 is 2.81 bits per heavy atom. The Kier molecular flexibility index (Phi) is 4.68. The summed E-state index contributed by atoms with van der Waals surface area (Å²) in [7, 11) is 0. The number of piperazine rings is 1. The average Bonchev–Trinajstić information content (AvgIpc) is 3.01. The zero-order chi connectivity index (χ0) is 14.7. The van der Waals surface area contributed by atoms with E-state index in [2.05, 4.69) is 64.8 Å². The molecule has 1 aliphatic rings. The molecule has 1 fully saturated rings. The zero-order valence-electron chi connectivity index (χ0n) is 12.7. The lowest BCUT2D eigenvalue weighted by Gasteiger charge is -2.41. The molecule has 4 heteroatoms. The van der Waals surface area contributed by atoms with Gasteiger partial charge in [-0.1, -0.05) is 44.2 Å². The van der Waals surface area contributed by atoms with Gasteiger partial charge in [0.2, 0.25) is 0 Å². The number of thiazole rings is 1. The first kappa shape index (κ1) is 14.7. The lowest BCUT2D eigenvalue weighted by molar-refractivity contribution is 0.106. The fraction of sp³-hybridized carbons (Fsp3) is 0.471. The summed E-state index contributed by atoms with van der Waals surface area (Å²) in [5.41, 5.74) is 1.39. The van der Waals surface area contributed by atoms with Gasteiger partial charge in [0.25, 0.3) is 0 Å². The molecule has 0 spiro atoms. The van der Waals surface area contributed by atoms with Gasteiger partial charge >= 0.3 is 0 Å². The third-order valence-corrected chi connectivity index (χ3v) is 5.02. The average molecular weight is 301 g/mol. The Labute approximate surface area is 131 Å². The van der Waals surface area contributed by atoms with Crippen molar-refractivity contribution in [2.75, 3.05) is 13.1 Å². The standard InChI is InChI=1S/C17H23N3S/c1-13(2)15-11-20(12-17-18-8-9-21-17)16(10-19-15)14-6-4-3-5-7-14/h3-9,13,15-16,19H,10-12H2,1-2H3. The lowest BCUT2D eigenvalue weighted by atomic mass is 9.96. The van der Waals surface area contributed by atoms with Gasteiger partial charge in [0.05, 0.1) is 6.54 Å². The summed E-state index contributed by atoms with van der Waals surface area (Å²) in [6.45, 7) is 7.63. The van der Waals surface area contributed by atoms with Crippen LogP contribution in [0.2, 0.25) is 0 Å². The van der Waals surface area contributed by atoms with Gasteiger partial charge in [-0.25, -0.2) is 4.98 Å². The summed E-state index contributed by atoms with van der Waals surface area (Å²) < 4.78 is 0.